The minimum atomic E-state index is -0.356. The Balaban J connectivity index is 1.21. The fourth-order valence-electron chi connectivity index (χ4n) is 6.98. The van der Waals surface area contributed by atoms with Gasteiger partial charge in [-0.05, 0) is 61.6 Å². The fraction of sp³-hybridized carbons (Fsp3) is 0.419. The van der Waals surface area contributed by atoms with Crippen molar-refractivity contribution < 1.29 is 14.0 Å². The van der Waals surface area contributed by atoms with Gasteiger partial charge in [-0.1, -0.05) is 55.3 Å². The zero-order chi connectivity index (χ0) is 26.1. The average Bonchev–Trinajstić information content (AvgIpc) is 3.40. The smallest absolute Gasteiger partial charge is 0.319 e. The van der Waals surface area contributed by atoms with Gasteiger partial charge >= 0.3 is 6.03 Å². The van der Waals surface area contributed by atoms with Gasteiger partial charge in [-0.3, -0.25) is 4.79 Å². The van der Waals surface area contributed by atoms with Crippen LogP contribution in [-0.2, 0) is 4.79 Å². The largest absolute Gasteiger partial charge is 0.381 e. The number of carbonyl (C=O) groups excluding carboxylic acids is 2. The monoisotopic (exact) mass is 514 g/mol. The molecule has 6 rings (SSSR count). The first-order chi connectivity index (χ1) is 18.6. The van der Waals surface area contributed by atoms with E-state index in [0.717, 1.165) is 50.8 Å². The Labute approximate surface area is 223 Å². The molecule has 0 bridgehead atoms. The van der Waals surface area contributed by atoms with Gasteiger partial charge < -0.3 is 20.9 Å². The summed E-state index contributed by atoms with van der Waals surface area (Å²) in [6.07, 6.45) is 14.3. The van der Waals surface area contributed by atoms with Crippen LogP contribution in [0.4, 0.5) is 20.6 Å². The molecule has 6 atom stereocenters. The van der Waals surface area contributed by atoms with E-state index in [2.05, 4.69) is 69.4 Å². The lowest BCUT2D eigenvalue weighted by molar-refractivity contribution is -0.138. The number of likely N-dealkylation sites (tertiary alicyclic amines) is 1. The number of fused-ring (bicyclic) bond motifs is 3. The molecule has 1 saturated carbocycles. The number of nitrogens with one attached hydrogen (secondary N) is 3. The first-order valence-electron chi connectivity index (χ1n) is 13.9. The van der Waals surface area contributed by atoms with Crippen LogP contribution in [0.2, 0.25) is 0 Å². The highest BCUT2D eigenvalue weighted by atomic mass is 19.1. The van der Waals surface area contributed by atoms with Crippen molar-refractivity contribution in [2.75, 3.05) is 17.2 Å². The number of nitrogens with zero attached hydrogens (tertiary/aromatic N) is 1. The number of carbonyl (C=O) groups is 2. The molecule has 38 heavy (non-hydrogen) atoms. The molecule has 2 aliphatic heterocycles. The summed E-state index contributed by atoms with van der Waals surface area (Å²) in [5.41, 5.74) is 2.84. The van der Waals surface area contributed by atoms with E-state index in [4.69, 9.17) is 0 Å². The molecular weight excluding hydrogens is 479 g/mol. The van der Waals surface area contributed by atoms with Gasteiger partial charge in [-0.2, -0.15) is 0 Å². The average molecular weight is 515 g/mol. The third-order valence-electron chi connectivity index (χ3n) is 8.77. The highest BCUT2D eigenvalue weighted by molar-refractivity contribution is 5.90. The van der Waals surface area contributed by atoms with Gasteiger partial charge in [-0.25, -0.2) is 9.18 Å². The summed E-state index contributed by atoms with van der Waals surface area (Å²) >= 11 is 0. The number of urea groups is 1. The van der Waals surface area contributed by atoms with E-state index < -0.39 is 0 Å². The van der Waals surface area contributed by atoms with Crippen LogP contribution in [0.3, 0.4) is 0 Å². The first-order valence-corrected chi connectivity index (χ1v) is 13.9. The summed E-state index contributed by atoms with van der Waals surface area (Å²) in [5.74, 6) is 0.288. The van der Waals surface area contributed by atoms with E-state index in [0.29, 0.717) is 17.5 Å². The molecule has 2 aromatic rings. The maximum Gasteiger partial charge on any atom is 0.319 e. The maximum absolute atomic E-state index is 14.2. The molecule has 2 aromatic carbocycles. The van der Waals surface area contributed by atoms with Crippen LogP contribution in [0, 0.1) is 23.6 Å². The predicted octanol–water partition coefficient (Wildman–Crippen LogP) is 6.02. The number of para-hydroxylation sites is 1. The number of amides is 3. The normalized spacial score (nSPS) is 29.7. The Morgan fingerprint density at radius 2 is 1.79 bits per heavy atom. The summed E-state index contributed by atoms with van der Waals surface area (Å²) < 4.78 is 13.2. The molecule has 7 heteroatoms. The number of allylic oxidation sites excluding steroid dienone is 3. The lowest BCUT2D eigenvalue weighted by atomic mass is 9.75. The van der Waals surface area contributed by atoms with Gasteiger partial charge in [0, 0.05) is 41.8 Å². The molecule has 198 valence electrons. The first kappa shape index (κ1) is 24.7. The van der Waals surface area contributed by atoms with E-state index in [1.54, 1.807) is 0 Å². The third-order valence-corrected chi connectivity index (χ3v) is 8.77. The second-order valence-corrected chi connectivity index (χ2v) is 11.0. The molecule has 2 fully saturated rings. The third kappa shape index (κ3) is 4.82. The molecule has 4 aliphatic rings. The fourth-order valence-corrected chi connectivity index (χ4v) is 6.98. The van der Waals surface area contributed by atoms with E-state index in [1.165, 1.54) is 29.8 Å². The highest BCUT2D eigenvalue weighted by Crippen LogP contribution is 2.49. The number of rotatable bonds is 4. The second-order valence-electron chi connectivity index (χ2n) is 11.0. The summed E-state index contributed by atoms with van der Waals surface area (Å²) in [4.78, 5) is 29.1. The zero-order valence-corrected chi connectivity index (χ0v) is 21.5. The lowest BCUT2D eigenvalue weighted by Crippen LogP contribution is -2.51. The summed E-state index contributed by atoms with van der Waals surface area (Å²) in [7, 11) is 0. The molecule has 3 N–H and O–H groups in total. The Morgan fingerprint density at radius 3 is 2.61 bits per heavy atom. The van der Waals surface area contributed by atoms with Gasteiger partial charge in [0.25, 0.3) is 0 Å². The molecule has 0 spiro atoms. The van der Waals surface area contributed by atoms with Gasteiger partial charge in [-0.15, -0.1) is 0 Å². The number of hydrogen-bond donors (Lipinski definition) is 3. The summed E-state index contributed by atoms with van der Waals surface area (Å²) in [6, 6.07) is 13.8. The van der Waals surface area contributed by atoms with Crippen LogP contribution in [0.5, 0.6) is 0 Å². The number of benzene rings is 2. The molecule has 2 heterocycles. The number of halogens is 1. The molecule has 2 aliphatic carbocycles. The molecule has 1 saturated heterocycles. The Kier molecular flexibility index (Phi) is 6.92. The molecule has 0 radical (unpaired) electrons. The van der Waals surface area contributed by atoms with Crippen molar-refractivity contribution in [3.8, 4) is 0 Å². The van der Waals surface area contributed by atoms with Crippen molar-refractivity contribution in [1.82, 2.24) is 10.2 Å². The van der Waals surface area contributed by atoms with E-state index in [9.17, 15) is 14.0 Å². The van der Waals surface area contributed by atoms with Crippen LogP contribution in [0.25, 0.3) is 0 Å². The number of hydrogen-bond acceptors (Lipinski definition) is 3. The second kappa shape index (κ2) is 10.6. The Bertz CT molecular complexity index is 1240. The van der Waals surface area contributed by atoms with Crippen molar-refractivity contribution in [2.24, 2.45) is 17.8 Å². The topological polar surface area (TPSA) is 73.5 Å². The van der Waals surface area contributed by atoms with E-state index in [-0.39, 0.29) is 41.8 Å². The van der Waals surface area contributed by atoms with Crippen LogP contribution in [0.15, 0.2) is 72.8 Å². The molecule has 3 amide bonds. The maximum atomic E-state index is 14.2. The van der Waals surface area contributed by atoms with Crippen molar-refractivity contribution >= 4 is 23.3 Å². The van der Waals surface area contributed by atoms with Gasteiger partial charge in [0.1, 0.15) is 5.82 Å². The molecule has 0 aromatic heterocycles. The minimum Gasteiger partial charge on any atom is -0.381 e. The minimum absolute atomic E-state index is 0.0416. The van der Waals surface area contributed by atoms with Crippen LogP contribution >= 0.6 is 0 Å². The summed E-state index contributed by atoms with van der Waals surface area (Å²) in [6.45, 7) is 0.734. The van der Waals surface area contributed by atoms with Crippen LogP contribution < -0.4 is 16.0 Å². The van der Waals surface area contributed by atoms with Gasteiger partial charge in [0.05, 0.1) is 12.0 Å². The molecular formula is C31H35FN4O2. The van der Waals surface area contributed by atoms with E-state index in [1.807, 2.05) is 0 Å². The zero-order valence-electron chi connectivity index (χ0n) is 21.5. The van der Waals surface area contributed by atoms with Crippen molar-refractivity contribution in [3.05, 3.63) is 84.2 Å². The Morgan fingerprint density at radius 1 is 0.974 bits per heavy atom. The number of anilines is 2. The van der Waals surface area contributed by atoms with Gasteiger partial charge in [0.15, 0.2) is 0 Å². The highest BCUT2D eigenvalue weighted by Gasteiger charge is 2.49. The lowest BCUT2D eigenvalue weighted by Gasteiger charge is -2.44. The SMILES string of the molecule is O=C(Nc1ccc(F)cc1)N[C@@H]1CCCC[C@@H]1C(=O)N1CC[C@@H]2[C@H](C3C=CC=CC3)Nc3ccccc3[C@@H]21. The van der Waals surface area contributed by atoms with Gasteiger partial charge in [0.2, 0.25) is 5.91 Å². The predicted molar refractivity (Wildman–Crippen MR) is 147 cm³/mol. The van der Waals surface area contributed by atoms with Crippen molar-refractivity contribution in [2.45, 2.75) is 56.7 Å². The van der Waals surface area contributed by atoms with Crippen LogP contribution in [-0.4, -0.2) is 35.5 Å². The Hall–Kier alpha value is -3.61. The quantitative estimate of drug-likeness (QED) is 0.467. The standard InChI is InChI=1S/C31H35FN4O2/c32-21-14-16-22(17-15-21)33-31(38)35-27-13-7-5-11-24(27)30(37)36-19-18-25-28(20-8-2-1-3-9-20)34-26-12-6-4-10-23(26)29(25)36/h1-4,6,8,10,12,14-17,20,24-25,27-29,34H,5,7,9,11,13,18-19H2,(H2,33,35,38)/t20?,24-,25+,27+,28-,29-/m0/s1. The molecule has 1 unspecified atom stereocenters. The van der Waals surface area contributed by atoms with E-state index >= 15 is 0 Å². The van der Waals surface area contributed by atoms with Crippen molar-refractivity contribution in [3.63, 3.8) is 0 Å². The molecule has 6 nitrogen and oxygen atoms in total. The van der Waals surface area contributed by atoms with Crippen LogP contribution in [0.1, 0.15) is 50.1 Å². The van der Waals surface area contributed by atoms with Crippen molar-refractivity contribution in [1.29, 1.82) is 0 Å². The summed E-state index contributed by atoms with van der Waals surface area (Å²) in [5, 5.41) is 9.68.